The van der Waals surface area contributed by atoms with Crippen molar-refractivity contribution in [3.63, 3.8) is 0 Å². The molecule has 1 heterocycles. The predicted octanol–water partition coefficient (Wildman–Crippen LogP) is 3.74. The second-order valence-corrected chi connectivity index (χ2v) is 6.08. The largest absolute Gasteiger partial charge is 0.375 e. The molecule has 104 valence electrons. The molecule has 2 rings (SSSR count). The summed E-state index contributed by atoms with van der Waals surface area (Å²) in [4.78, 5) is 14.6. The standard InChI is InChI=1S/C14H17BrClNO2/c1-3-11-8-19-9(2)7-17(11)14(18)12-6-10(16)4-5-13(12)15/h4-6,9,11H,3,7-8H2,1-2H3. The van der Waals surface area contributed by atoms with Crippen molar-refractivity contribution in [3.05, 3.63) is 33.3 Å². The number of carbonyl (C=O) groups excluding carboxylic acids is 1. The second-order valence-electron chi connectivity index (χ2n) is 4.79. The number of carbonyl (C=O) groups is 1. The SMILES string of the molecule is CCC1COC(C)CN1C(=O)c1cc(Cl)ccc1Br. The highest BCUT2D eigenvalue weighted by molar-refractivity contribution is 9.10. The van der Waals surface area contributed by atoms with Gasteiger partial charge in [0.05, 0.1) is 24.3 Å². The molecule has 1 aromatic carbocycles. The van der Waals surface area contributed by atoms with Gasteiger partial charge in [0.1, 0.15) is 0 Å². The molecule has 2 atom stereocenters. The fourth-order valence-electron chi connectivity index (χ4n) is 2.25. The van der Waals surface area contributed by atoms with E-state index in [1.54, 1.807) is 18.2 Å². The Kier molecular flexibility index (Phi) is 4.87. The van der Waals surface area contributed by atoms with Crippen LogP contribution in [0.4, 0.5) is 0 Å². The molecule has 0 aliphatic carbocycles. The zero-order valence-electron chi connectivity index (χ0n) is 11.0. The topological polar surface area (TPSA) is 29.5 Å². The first-order valence-corrected chi connectivity index (χ1v) is 7.57. The summed E-state index contributed by atoms with van der Waals surface area (Å²) >= 11 is 9.40. The number of hydrogen-bond acceptors (Lipinski definition) is 2. The quantitative estimate of drug-likeness (QED) is 0.816. The zero-order chi connectivity index (χ0) is 14.0. The highest BCUT2D eigenvalue weighted by Crippen LogP contribution is 2.25. The highest BCUT2D eigenvalue weighted by atomic mass is 79.9. The van der Waals surface area contributed by atoms with E-state index in [1.807, 2.05) is 11.8 Å². The van der Waals surface area contributed by atoms with E-state index >= 15 is 0 Å². The van der Waals surface area contributed by atoms with Crippen molar-refractivity contribution in [1.82, 2.24) is 4.90 Å². The van der Waals surface area contributed by atoms with Gasteiger partial charge >= 0.3 is 0 Å². The van der Waals surface area contributed by atoms with Crippen LogP contribution < -0.4 is 0 Å². The second kappa shape index (κ2) is 6.25. The van der Waals surface area contributed by atoms with E-state index in [2.05, 4.69) is 22.9 Å². The Labute approximate surface area is 127 Å². The number of morpholine rings is 1. The van der Waals surface area contributed by atoms with Crippen LogP contribution in [0.25, 0.3) is 0 Å². The van der Waals surface area contributed by atoms with Crippen molar-refractivity contribution in [1.29, 1.82) is 0 Å². The van der Waals surface area contributed by atoms with E-state index in [1.165, 1.54) is 0 Å². The van der Waals surface area contributed by atoms with E-state index in [9.17, 15) is 4.79 Å². The maximum atomic E-state index is 12.7. The Morgan fingerprint density at radius 1 is 1.58 bits per heavy atom. The van der Waals surface area contributed by atoms with Gasteiger partial charge in [0.2, 0.25) is 0 Å². The van der Waals surface area contributed by atoms with Crippen molar-refractivity contribution >= 4 is 33.4 Å². The van der Waals surface area contributed by atoms with Crippen LogP contribution >= 0.6 is 27.5 Å². The molecule has 1 aromatic rings. The lowest BCUT2D eigenvalue weighted by Gasteiger charge is -2.38. The molecule has 0 bridgehead atoms. The van der Waals surface area contributed by atoms with E-state index in [0.717, 1.165) is 10.9 Å². The molecule has 1 amide bonds. The number of nitrogens with zero attached hydrogens (tertiary/aromatic N) is 1. The molecule has 1 aliphatic heterocycles. The van der Waals surface area contributed by atoms with E-state index in [0.29, 0.717) is 23.7 Å². The zero-order valence-corrected chi connectivity index (χ0v) is 13.4. The van der Waals surface area contributed by atoms with Crippen LogP contribution in [0, 0.1) is 0 Å². The lowest BCUT2D eigenvalue weighted by atomic mass is 10.1. The van der Waals surface area contributed by atoms with E-state index < -0.39 is 0 Å². The van der Waals surface area contributed by atoms with Crippen LogP contribution in [0.15, 0.2) is 22.7 Å². The summed E-state index contributed by atoms with van der Waals surface area (Å²) < 4.78 is 6.39. The molecule has 0 spiro atoms. The summed E-state index contributed by atoms with van der Waals surface area (Å²) in [5.74, 6) is 0.0105. The smallest absolute Gasteiger partial charge is 0.255 e. The van der Waals surface area contributed by atoms with Crippen LogP contribution in [0.1, 0.15) is 30.6 Å². The van der Waals surface area contributed by atoms with Crippen LogP contribution in [-0.4, -0.2) is 36.1 Å². The molecule has 5 heteroatoms. The first-order chi connectivity index (χ1) is 9.02. The summed E-state index contributed by atoms with van der Waals surface area (Å²) in [7, 11) is 0. The number of halogens is 2. The van der Waals surface area contributed by atoms with Gasteiger partial charge in [-0.3, -0.25) is 4.79 Å². The van der Waals surface area contributed by atoms with Crippen LogP contribution in [0.5, 0.6) is 0 Å². The van der Waals surface area contributed by atoms with Gasteiger partial charge in [0, 0.05) is 16.0 Å². The van der Waals surface area contributed by atoms with Gasteiger partial charge in [-0.15, -0.1) is 0 Å². The molecule has 3 nitrogen and oxygen atoms in total. The third-order valence-corrected chi connectivity index (χ3v) is 4.29. The van der Waals surface area contributed by atoms with Crippen molar-refractivity contribution in [2.24, 2.45) is 0 Å². The average Bonchev–Trinajstić information content (AvgIpc) is 2.40. The summed E-state index contributed by atoms with van der Waals surface area (Å²) in [6.07, 6.45) is 0.959. The molecular formula is C14H17BrClNO2. The van der Waals surface area contributed by atoms with Crippen LogP contribution in [0.3, 0.4) is 0 Å². The minimum absolute atomic E-state index is 0.0105. The molecule has 1 fully saturated rings. The van der Waals surface area contributed by atoms with E-state index in [-0.39, 0.29) is 18.1 Å². The van der Waals surface area contributed by atoms with E-state index in [4.69, 9.17) is 16.3 Å². The molecule has 2 unspecified atom stereocenters. The predicted molar refractivity (Wildman–Crippen MR) is 79.7 cm³/mol. The number of rotatable bonds is 2. The minimum Gasteiger partial charge on any atom is -0.375 e. The van der Waals surface area contributed by atoms with Gasteiger partial charge in [-0.2, -0.15) is 0 Å². The summed E-state index contributed by atoms with van der Waals surface area (Å²) in [5.41, 5.74) is 0.611. The number of ether oxygens (including phenoxy) is 1. The Bertz CT molecular complexity index is 481. The fourth-order valence-corrected chi connectivity index (χ4v) is 2.84. The molecule has 1 saturated heterocycles. The molecule has 0 saturated carbocycles. The lowest BCUT2D eigenvalue weighted by Crippen LogP contribution is -2.51. The first-order valence-electron chi connectivity index (χ1n) is 6.40. The number of amides is 1. The number of benzene rings is 1. The van der Waals surface area contributed by atoms with Gasteiger partial charge in [-0.05, 0) is 47.5 Å². The Morgan fingerprint density at radius 2 is 2.32 bits per heavy atom. The normalized spacial score (nSPS) is 23.5. The molecule has 0 N–H and O–H groups in total. The third-order valence-electron chi connectivity index (χ3n) is 3.36. The summed E-state index contributed by atoms with van der Waals surface area (Å²) in [6.45, 7) is 5.27. The monoisotopic (exact) mass is 345 g/mol. The summed E-state index contributed by atoms with van der Waals surface area (Å²) in [6, 6.07) is 5.41. The van der Waals surface area contributed by atoms with Crippen molar-refractivity contribution < 1.29 is 9.53 Å². The Morgan fingerprint density at radius 3 is 3.00 bits per heavy atom. The van der Waals surface area contributed by atoms with Crippen molar-refractivity contribution in [3.8, 4) is 0 Å². The fraction of sp³-hybridized carbons (Fsp3) is 0.500. The molecule has 1 aliphatic rings. The van der Waals surface area contributed by atoms with Gasteiger partial charge in [0.15, 0.2) is 0 Å². The van der Waals surface area contributed by atoms with Gasteiger partial charge < -0.3 is 9.64 Å². The summed E-state index contributed by atoms with van der Waals surface area (Å²) in [5, 5.41) is 0.570. The maximum Gasteiger partial charge on any atom is 0.255 e. The molecular weight excluding hydrogens is 330 g/mol. The number of hydrogen-bond donors (Lipinski definition) is 0. The Balaban J connectivity index is 2.28. The average molecular weight is 347 g/mol. The molecule has 0 aromatic heterocycles. The Hall–Kier alpha value is -0.580. The third kappa shape index (κ3) is 3.30. The maximum absolute atomic E-state index is 12.7. The van der Waals surface area contributed by atoms with Gasteiger partial charge in [0.25, 0.3) is 5.91 Å². The van der Waals surface area contributed by atoms with Crippen LogP contribution in [0.2, 0.25) is 5.02 Å². The molecule has 0 radical (unpaired) electrons. The highest BCUT2D eigenvalue weighted by Gasteiger charge is 2.30. The van der Waals surface area contributed by atoms with Crippen LogP contribution in [-0.2, 0) is 4.74 Å². The van der Waals surface area contributed by atoms with Crippen molar-refractivity contribution in [2.45, 2.75) is 32.4 Å². The van der Waals surface area contributed by atoms with Crippen molar-refractivity contribution in [2.75, 3.05) is 13.2 Å². The van der Waals surface area contributed by atoms with Gasteiger partial charge in [-0.1, -0.05) is 18.5 Å². The van der Waals surface area contributed by atoms with Gasteiger partial charge in [-0.25, -0.2) is 0 Å². The minimum atomic E-state index is 0.0105. The lowest BCUT2D eigenvalue weighted by molar-refractivity contribution is -0.0444. The first kappa shape index (κ1) is 14.8. The molecule has 19 heavy (non-hydrogen) atoms.